The van der Waals surface area contributed by atoms with Gasteiger partial charge >= 0.3 is 0 Å². The topological polar surface area (TPSA) is 48.1 Å². The SMILES string of the molecule is Nc1nc2c(Br)cc(Oc3ccccc3Cl)cc2s1. The van der Waals surface area contributed by atoms with Gasteiger partial charge in [-0.15, -0.1) is 0 Å². The van der Waals surface area contributed by atoms with Gasteiger partial charge in [-0.1, -0.05) is 35.1 Å². The van der Waals surface area contributed by atoms with Gasteiger partial charge in [0.25, 0.3) is 0 Å². The van der Waals surface area contributed by atoms with Crippen molar-refractivity contribution in [2.24, 2.45) is 0 Å². The Morgan fingerprint density at radius 2 is 2.05 bits per heavy atom. The Bertz CT molecular complexity index is 759. The highest BCUT2D eigenvalue weighted by Gasteiger charge is 2.09. The molecule has 0 spiro atoms. The zero-order valence-electron chi connectivity index (χ0n) is 9.56. The fraction of sp³-hybridized carbons (Fsp3) is 0. The maximum atomic E-state index is 6.07. The third-order valence-electron chi connectivity index (χ3n) is 2.50. The molecule has 0 fully saturated rings. The molecule has 0 aliphatic rings. The third-order valence-corrected chi connectivity index (χ3v) is 4.25. The smallest absolute Gasteiger partial charge is 0.181 e. The summed E-state index contributed by atoms with van der Waals surface area (Å²) in [7, 11) is 0. The van der Waals surface area contributed by atoms with Crippen molar-refractivity contribution in [3.63, 3.8) is 0 Å². The standard InChI is InChI=1S/C13H8BrClN2OS/c14-8-5-7(6-11-12(8)17-13(16)19-11)18-10-4-2-1-3-9(10)15/h1-6H,(H2,16,17). The van der Waals surface area contributed by atoms with Gasteiger partial charge in [0.2, 0.25) is 0 Å². The van der Waals surface area contributed by atoms with Crippen LogP contribution in [0, 0.1) is 0 Å². The van der Waals surface area contributed by atoms with Crippen LogP contribution in [0.15, 0.2) is 40.9 Å². The van der Waals surface area contributed by atoms with E-state index in [1.807, 2.05) is 30.3 Å². The first-order valence-electron chi connectivity index (χ1n) is 5.41. The van der Waals surface area contributed by atoms with Crippen LogP contribution in [-0.2, 0) is 0 Å². The summed E-state index contributed by atoms with van der Waals surface area (Å²) in [4.78, 5) is 4.25. The summed E-state index contributed by atoms with van der Waals surface area (Å²) in [5, 5.41) is 1.10. The molecule has 0 bridgehead atoms. The van der Waals surface area contributed by atoms with Crippen LogP contribution in [0.3, 0.4) is 0 Å². The number of fused-ring (bicyclic) bond motifs is 1. The molecule has 3 nitrogen and oxygen atoms in total. The average Bonchev–Trinajstić information content (AvgIpc) is 2.73. The van der Waals surface area contributed by atoms with Gasteiger partial charge in [0.15, 0.2) is 5.13 Å². The van der Waals surface area contributed by atoms with Crippen molar-refractivity contribution in [1.29, 1.82) is 0 Å². The van der Waals surface area contributed by atoms with Crippen molar-refractivity contribution in [3.05, 3.63) is 45.9 Å². The van der Waals surface area contributed by atoms with E-state index in [0.717, 1.165) is 14.7 Å². The lowest BCUT2D eigenvalue weighted by Gasteiger charge is -2.07. The number of benzene rings is 2. The molecule has 1 aromatic heterocycles. The number of hydrogen-bond acceptors (Lipinski definition) is 4. The Labute approximate surface area is 127 Å². The molecular weight excluding hydrogens is 348 g/mol. The average molecular weight is 356 g/mol. The Morgan fingerprint density at radius 3 is 2.84 bits per heavy atom. The minimum absolute atomic E-state index is 0.533. The minimum atomic E-state index is 0.533. The predicted molar refractivity (Wildman–Crippen MR) is 83.3 cm³/mol. The summed E-state index contributed by atoms with van der Waals surface area (Å²) in [6, 6.07) is 11.1. The quantitative estimate of drug-likeness (QED) is 0.697. The molecule has 1 heterocycles. The first-order valence-corrected chi connectivity index (χ1v) is 7.40. The molecule has 2 N–H and O–H groups in total. The normalized spacial score (nSPS) is 10.8. The number of halogens is 2. The Morgan fingerprint density at radius 1 is 1.26 bits per heavy atom. The van der Waals surface area contributed by atoms with Crippen LogP contribution in [0.5, 0.6) is 11.5 Å². The number of rotatable bonds is 2. The van der Waals surface area contributed by atoms with E-state index in [4.69, 9.17) is 22.1 Å². The van der Waals surface area contributed by atoms with Gasteiger partial charge in [-0.05, 0) is 34.1 Å². The van der Waals surface area contributed by atoms with Crippen LogP contribution >= 0.6 is 38.9 Å². The summed E-state index contributed by atoms with van der Waals surface area (Å²) in [6.45, 7) is 0. The van der Waals surface area contributed by atoms with E-state index in [-0.39, 0.29) is 0 Å². The number of ether oxygens (including phenoxy) is 1. The Hall–Kier alpha value is -1.30. The van der Waals surface area contributed by atoms with E-state index in [1.165, 1.54) is 11.3 Å². The number of nitrogens with zero attached hydrogens (tertiary/aromatic N) is 1. The lowest BCUT2D eigenvalue weighted by molar-refractivity contribution is 0.483. The van der Waals surface area contributed by atoms with Crippen molar-refractivity contribution >= 4 is 54.2 Å². The van der Waals surface area contributed by atoms with Gasteiger partial charge < -0.3 is 10.5 Å². The number of thiazole rings is 1. The molecule has 0 radical (unpaired) electrons. The van der Waals surface area contributed by atoms with Gasteiger partial charge in [0.05, 0.1) is 15.2 Å². The first kappa shape index (κ1) is 12.7. The Balaban J connectivity index is 2.04. The van der Waals surface area contributed by atoms with Crippen molar-refractivity contribution in [2.75, 3.05) is 5.73 Å². The van der Waals surface area contributed by atoms with E-state index < -0.39 is 0 Å². The molecule has 0 unspecified atom stereocenters. The molecule has 19 heavy (non-hydrogen) atoms. The van der Waals surface area contributed by atoms with Crippen molar-refractivity contribution in [1.82, 2.24) is 4.98 Å². The van der Waals surface area contributed by atoms with Crippen LogP contribution < -0.4 is 10.5 Å². The monoisotopic (exact) mass is 354 g/mol. The number of anilines is 1. The van der Waals surface area contributed by atoms with Gasteiger partial charge in [-0.2, -0.15) is 0 Å². The highest BCUT2D eigenvalue weighted by Crippen LogP contribution is 2.36. The first-order chi connectivity index (χ1) is 9.13. The summed E-state index contributed by atoms with van der Waals surface area (Å²) < 4.78 is 7.60. The highest BCUT2D eigenvalue weighted by atomic mass is 79.9. The third kappa shape index (κ3) is 2.54. The summed E-state index contributed by atoms with van der Waals surface area (Å²) in [5.41, 5.74) is 6.55. The second kappa shape index (κ2) is 5.00. The van der Waals surface area contributed by atoms with Crippen molar-refractivity contribution in [3.8, 4) is 11.5 Å². The predicted octanol–water partition coefficient (Wildman–Crippen LogP) is 5.09. The Kier molecular flexibility index (Phi) is 3.35. The van der Waals surface area contributed by atoms with E-state index in [2.05, 4.69) is 20.9 Å². The van der Waals surface area contributed by atoms with Crippen LogP contribution in [0.1, 0.15) is 0 Å². The molecule has 0 aliphatic heterocycles. The van der Waals surface area contributed by atoms with Crippen LogP contribution in [-0.4, -0.2) is 4.98 Å². The maximum absolute atomic E-state index is 6.07. The molecule has 3 aromatic rings. The van der Waals surface area contributed by atoms with Crippen LogP contribution in [0.2, 0.25) is 5.02 Å². The lowest BCUT2D eigenvalue weighted by Crippen LogP contribution is -1.85. The number of para-hydroxylation sites is 1. The zero-order chi connectivity index (χ0) is 13.4. The minimum Gasteiger partial charge on any atom is -0.456 e. The molecule has 0 saturated carbocycles. The largest absolute Gasteiger partial charge is 0.456 e. The van der Waals surface area contributed by atoms with Gasteiger partial charge in [-0.3, -0.25) is 0 Å². The molecule has 0 saturated heterocycles. The van der Waals surface area contributed by atoms with Gasteiger partial charge in [0, 0.05) is 10.5 Å². The fourth-order valence-corrected chi connectivity index (χ4v) is 3.32. The number of nitrogens with two attached hydrogens (primary N) is 1. The second-order valence-corrected chi connectivity index (χ2v) is 6.16. The number of hydrogen-bond donors (Lipinski definition) is 1. The lowest BCUT2D eigenvalue weighted by atomic mass is 10.3. The molecule has 2 aromatic carbocycles. The molecule has 0 atom stereocenters. The van der Waals surface area contributed by atoms with Crippen LogP contribution in [0.4, 0.5) is 5.13 Å². The van der Waals surface area contributed by atoms with E-state index >= 15 is 0 Å². The molecule has 3 rings (SSSR count). The number of aromatic nitrogens is 1. The highest BCUT2D eigenvalue weighted by molar-refractivity contribution is 9.10. The van der Waals surface area contributed by atoms with E-state index in [1.54, 1.807) is 6.07 Å². The summed E-state index contributed by atoms with van der Waals surface area (Å²) in [5.74, 6) is 1.31. The molecule has 96 valence electrons. The second-order valence-electron chi connectivity index (χ2n) is 3.84. The van der Waals surface area contributed by atoms with E-state index in [0.29, 0.717) is 21.7 Å². The van der Waals surface area contributed by atoms with Crippen molar-refractivity contribution < 1.29 is 4.74 Å². The molecule has 0 amide bonds. The fourth-order valence-electron chi connectivity index (χ4n) is 1.70. The molecular formula is C13H8BrClN2OS. The van der Waals surface area contributed by atoms with E-state index in [9.17, 15) is 0 Å². The summed E-state index contributed by atoms with van der Waals surface area (Å²) in [6.07, 6.45) is 0. The number of nitrogen functional groups attached to an aromatic ring is 1. The molecule has 6 heteroatoms. The van der Waals surface area contributed by atoms with Crippen molar-refractivity contribution in [2.45, 2.75) is 0 Å². The van der Waals surface area contributed by atoms with Crippen LogP contribution in [0.25, 0.3) is 10.2 Å². The van der Waals surface area contributed by atoms with Gasteiger partial charge in [-0.25, -0.2) is 4.98 Å². The molecule has 0 aliphatic carbocycles. The van der Waals surface area contributed by atoms with Gasteiger partial charge in [0.1, 0.15) is 11.5 Å². The summed E-state index contributed by atoms with van der Waals surface area (Å²) >= 11 is 11.0. The maximum Gasteiger partial charge on any atom is 0.181 e. The zero-order valence-corrected chi connectivity index (χ0v) is 12.7.